The van der Waals surface area contributed by atoms with Gasteiger partial charge in [-0.25, -0.2) is 13.6 Å². The van der Waals surface area contributed by atoms with Crippen molar-refractivity contribution in [2.24, 2.45) is 5.16 Å². The maximum atomic E-state index is 13.3. The Morgan fingerprint density at radius 2 is 2.05 bits per heavy atom. The van der Waals surface area contributed by atoms with Gasteiger partial charge in [0.05, 0.1) is 11.8 Å². The van der Waals surface area contributed by atoms with Gasteiger partial charge in [-0.3, -0.25) is 0 Å². The molecule has 1 aliphatic rings. The van der Waals surface area contributed by atoms with Gasteiger partial charge in [-0.2, -0.15) is 0 Å². The number of oxime groups is 1. The third kappa shape index (κ3) is 3.41. The van der Waals surface area contributed by atoms with Crippen LogP contribution < -0.4 is 0 Å². The third-order valence-electron chi connectivity index (χ3n) is 3.21. The van der Waals surface area contributed by atoms with E-state index in [4.69, 9.17) is 14.7 Å². The number of halogens is 2. The molecule has 0 aromatic heterocycles. The average Bonchev–Trinajstić information content (AvgIpc) is 2.83. The van der Waals surface area contributed by atoms with Crippen LogP contribution in [0.4, 0.5) is 8.78 Å². The molecule has 22 heavy (non-hydrogen) atoms. The number of hydrogen-bond donors (Lipinski definition) is 1. The lowest BCUT2D eigenvalue weighted by atomic mass is 9.91. The topological polar surface area (TPSA) is 68.1 Å². The first kappa shape index (κ1) is 16.4. The molecule has 1 unspecified atom stereocenters. The van der Waals surface area contributed by atoms with Crippen LogP contribution in [0.1, 0.15) is 32.3 Å². The molecule has 1 N–H and O–H groups in total. The monoisotopic (exact) mass is 313 g/mol. The summed E-state index contributed by atoms with van der Waals surface area (Å²) in [6.07, 6.45) is -0.409. The van der Waals surface area contributed by atoms with E-state index in [2.05, 4.69) is 5.16 Å². The number of aliphatic hydroxyl groups excluding tert-OH is 1. The summed E-state index contributed by atoms with van der Waals surface area (Å²) >= 11 is 0. The lowest BCUT2D eigenvalue weighted by Crippen LogP contribution is -2.42. The Morgan fingerprint density at radius 1 is 1.41 bits per heavy atom. The van der Waals surface area contributed by atoms with E-state index in [0.717, 1.165) is 18.2 Å². The maximum absolute atomic E-state index is 13.3. The van der Waals surface area contributed by atoms with E-state index in [0.29, 0.717) is 0 Å². The summed E-state index contributed by atoms with van der Waals surface area (Å²) in [5.74, 6) is -2.16. The van der Waals surface area contributed by atoms with Gasteiger partial charge in [0.25, 0.3) is 0 Å². The largest absolute Gasteiger partial charge is 0.460 e. The van der Waals surface area contributed by atoms with Crippen LogP contribution in [0.15, 0.2) is 23.4 Å². The van der Waals surface area contributed by atoms with Crippen LogP contribution in [0.3, 0.4) is 0 Å². The maximum Gasteiger partial charge on any atom is 0.354 e. The second-order valence-corrected chi connectivity index (χ2v) is 5.39. The fourth-order valence-corrected chi connectivity index (χ4v) is 2.20. The number of rotatable bonds is 5. The molecular formula is C15H17F2NO4. The standard InChI is InChI=1S/C15H17F2NO4/c1-9(2)21-14(20)15(3-4-19)8-13(18-22-15)10-5-11(16)7-12(17)6-10/h5-7,9,19H,3-4,8H2,1-2H3. The molecule has 7 heteroatoms. The number of carbonyl (C=O) groups is 1. The zero-order valence-electron chi connectivity index (χ0n) is 12.3. The highest BCUT2D eigenvalue weighted by Gasteiger charge is 2.48. The number of ether oxygens (including phenoxy) is 1. The zero-order valence-corrected chi connectivity index (χ0v) is 12.3. The minimum absolute atomic E-state index is 0.0245. The van der Waals surface area contributed by atoms with E-state index >= 15 is 0 Å². The highest BCUT2D eigenvalue weighted by Crippen LogP contribution is 2.32. The molecule has 1 aromatic carbocycles. The van der Waals surface area contributed by atoms with Crippen LogP contribution in [-0.2, 0) is 14.4 Å². The molecule has 1 aliphatic heterocycles. The van der Waals surface area contributed by atoms with Gasteiger partial charge in [-0.1, -0.05) is 5.16 Å². The molecule has 2 rings (SSSR count). The van der Waals surface area contributed by atoms with Crippen molar-refractivity contribution in [2.45, 2.75) is 38.4 Å². The molecular weight excluding hydrogens is 296 g/mol. The van der Waals surface area contributed by atoms with Crippen molar-refractivity contribution in [3.05, 3.63) is 35.4 Å². The van der Waals surface area contributed by atoms with Gasteiger partial charge in [0.15, 0.2) is 0 Å². The summed E-state index contributed by atoms with van der Waals surface area (Å²) in [7, 11) is 0. The van der Waals surface area contributed by atoms with E-state index < -0.39 is 23.2 Å². The Kier molecular flexibility index (Phi) is 4.75. The normalized spacial score (nSPS) is 20.7. The van der Waals surface area contributed by atoms with Crippen LogP contribution in [0.25, 0.3) is 0 Å². The summed E-state index contributed by atoms with van der Waals surface area (Å²) in [6.45, 7) is 3.06. The van der Waals surface area contributed by atoms with Gasteiger partial charge in [0.1, 0.15) is 11.6 Å². The van der Waals surface area contributed by atoms with E-state index in [1.165, 1.54) is 0 Å². The van der Waals surface area contributed by atoms with Crippen LogP contribution in [-0.4, -0.2) is 35.1 Å². The molecule has 0 saturated heterocycles. The highest BCUT2D eigenvalue weighted by atomic mass is 19.1. The molecule has 0 aliphatic carbocycles. The molecule has 120 valence electrons. The summed E-state index contributed by atoms with van der Waals surface area (Å²) in [4.78, 5) is 17.4. The molecule has 1 aromatic rings. The van der Waals surface area contributed by atoms with Gasteiger partial charge in [0.2, 0.25) is 5.60 Å². The molecule has 0 fully saturated rings. The average molecular weight is 313 g/mol. The summed E-state index contributed by atoms with van der Waals surface area (Å²) in [5, 5.41) is 12.9. The lowest BCUT2D eigenvalue weighted by Gasteiger charge is -2.24. The van der Waals surface area contributed by atoms with E-state index in [1.54, 1.807) is 13.8 Å². The lowest BCUT2D eigenvalue weighted by molar-refractivity contribution is -0.175. The smallest absolute Gasteiger partial charge is 0.354 e. The van der Waals surface area contributed by atoms with Crippen LogP contribution in [0, 0.1) is 11.6 Å². The van der Waals surface area contributed by atoms with Gasteiger partial charge < -0.3 is 14.7 Å². The Morgan fingerprint density at radius 3 is 2.59 bits per heavy atom. The predicted molar refractivity (Wildman–Crippen MR) is 74.3 cm³/mol. The number of nitrogens with zero attached hydrogens (tertiary/aromatic N) is 1. The molecule has 1 heterocycles. The Balaban J connectivity index is 2.24. The molecule has 0 spiro atoms. The predicted octanol–water partition coefficient (Wildman–Crippen LogP) is 2.16. The first-order valence-electron chi connectivity index (χ1n) is 6.90. The summed E-state index contributed by atoms with van der Waals surface area (Å²) < 4.78 is 31.7. The fourth-order valence-electron chi connectivity index (χ4n) is 2.20. The summed E-state index contributed by atoms with van der Waals surface area (Å²) in [5.41, 5.74) is -1.04. The first-order chi connectivity index (χ1) is 10.4. The van der Waals surface area contributed by atoms with Gasteiger partial charge in [-0.15, -0.1) is 0 Å². The fraction of sp³-hybridized carbons (Fsp3) is 0.467. The van der Waals surface area contributed by atoms with Crippen LogP contribution in [0.5, 0.6) is 0 Å². The number of hydrogen-bond acceptors (Lipinski definition) is 5. The van der Waals surface area contributed by atoms with Gasteiger partial charge >= 0.3 is 5.97 Å². The number of aliphatic hydroxyl groups is 1. The third-order valence-corrected chi connectivity index (χ3v) is 3.21. The second-order valence-electron chi connectivity index (χ2n) is 5.39. The van der Waals surface area contributed by atoms with Gasteiger partial charge in [-0.05, 0) is 26.0 Å². The van der Waals surface area contributed by atoms with E-state index in [9.17, 15) is 13.6 Å². The molecule has 0 radical (unpaired) electrons. The SMILES string of the molecule is CC(C)OC(=O)C1(CCO)CC(c2cc(F)cc(F)c2)=NO1. The summed E-state index contributed by atoms with van der Waals surface area (Å²) in [6, 6.07) is 2.95. The van der Waals surface area contributed by atoms with E-state index in [1.807, 2.05) is 0 Å². The van der Waals surface area contributed by atoms with Crippen molar-refractivity contribution in [3.63, 3.8) is 0 Å². The van der Waals surface area contributed by atoms with Crippen molar-refractivity contribution in [3.8, 4) is 0 Å². The molecule has 1 atom stereocenters. The molecule has 5 nitrogen and oxygen atoms in total. The van der Waals surface area contributed by atoms with Crippen molar-refractivity contribution in [1.82, 2.24) is 0 Å². The van der Waals surface area contributed by atoms with E-state index in [-0.39, 0.29) is 36.8 Å². The van der Waals surface area contributed by atoms with Crippen molar-refractivity contribution < 1.29 is 28.3 Å². The number of esters is 1. The van der Waals surface area contributed by atoms with Crippen molar-refractivity contribution in [2.75, 3.05) is 6.61 Å². The second kappa shape index (κ2) is 6.39. The minimum Gasteiger partial charge on any atom is -0.460 e. The number of carbonyl (C=O) groups excluding carboxylic acids is 1. The Hall–Kier alpha value is -2.02. The minimum atomic E-state index is -1.46. The quantitative estimate of drug-likeness (QED) is 0.846. The van der Waals surface area contributed by atoms with Crippen molar-refractivity contribution in [1.29, 1.82) is 0 Å². The molecule has 0 amide bonds. The Labute approximate surface area is 126 Å². The number of benzene rings is 1. The van der Waals surface area contributed by atoms with Crippen LogP contribution >= 0.6 is 0 Å². The Bertz CT molecular complexity index is 583. The highest BCUT2D eigenvalue weighted by molar-refractivity contribution is 6.04. The molecule has 0 saturated carbocycles. The first-order valence-corrected chi connectivity index (χ1v) is 6.90. The zero-order chi connectivity index (χ0) is 16.3. The van der Waals surface area contributed by atoms with Crippen LogP contribution in [0.2, 0.25) is 0 Å². The molecule has 0 bridgehead atoms. The van der Waals surface area contributed by atoms with Gasteiger partial charge in [0, 0.05) is 31.1 Å². The van der Waals surface area contributed by atoms with Crippen molar-refractivity contribution >= 4 is 11.7 Å².